The smallest absolute Gasteiger partial charge is 0.399 e. The molecule has 118 valence electrons. The molecule has 0 aliphatic carbocycles. The Morgan fingerprint density at radius 1 is 1.35 bits per heavy atom. The summed E-state index contributed by atoms with van der Waals surface area (Å²) < 4.78 is 4.80. The number of ether oxygens (including phenoxy) is 1. The molecule has 1 fully saturated rings. The number of aliphatic hydroxyl groups excluding tert-OH is 1. The molecule has 0 radical (unpaired) electrons. The fourth-order valence-corrected chi connectivity index (χ4v) is 2.37. The molecule has 1 saturated heterocycles. The van der Waals surface area contributed by atoms with Crippen LogP contribution >= 0.6 is 0 Å². The van der Waals surface area contributed by atoms with Crippen molar-refractivity contribution in [1.29, 1.82) is 0 Å². The predicted octanol–water partition coefficient (Wildman–Crippen LogP) is -0.101. The monoisotopic (exact) mass is 316 g/mol. The number of anilines is 2. The molecule has 9 nitrogen and oxygen atoms in total. The number of amides is 3. The van der Waals surface area contributed by atoms with E-state index in [9.17, 15) is 19.5 Å². The van der Waals surface area contributed by atoms with Gasteiger partial charge in [0.25, 0.3) is 5.91 Å². The molecular formula is C14H12N4O5. The Morgan fingerprint density at radius 3 is 2.70 bits per heavy atom. The zero-order valence-corrected chi connectivity index (χ0v) is 11.7. The van der Waals surface area contributed by atoms with E-state index in [0.29, 0.717) is 16.6 Å². The zero-order chi connectivity index (χ0) is 16.7. The van der Waals surface area contributed by atoms with E-state index < -0.39 is 24.0 Å². The second-order valence-corrected chi connectivity index (χ2v) is 4.97. The van der Waals surface area contributed by atoms with Crippen molar-refractivity contribution in [3.63, 3.8) is 0 Å². The summed E-state index contributed by atoms with van der Waals surface area (Å²) >= 11 is 0. The average molecular weight is 316 g/mol. The number of nitrogens with two attached hydrogens (primary N) is 2. The number of carbonyl (C=O) groups excluding carboxylic acids is 3. The molecule has 2 heterocycles. The van der Waals surface area contributed by atoms with Crippen molar-refractivity contribution in [2.75, 3.05) is 10.6 Å². The van der Waals surface area contributed by atoms with Gasteiger partial charge in [0, 0.05) is 11.1 Å². The Labute approximate surface area is 129 Å². The van der Waals surface area contributed by atoms with Crippen LogP contribution in [-0.4, -0.2) is 34.1 Å². The van der Waals surface area contributed by atoms with Crippen molar-refractivity contribution >= 4 is 40.2 Å². The summed E-state index contributed by atoms with van der Waals surface area (Å²) in [6.45, 7) is 0. The summed E-state index contributed by atoms with van der Waals surface area (Å²) in [5, 5.41) is 10.1. The number of hydrogen-bond donors (Lipinski definition) is 3. The van der Waals surface area contributed by atoms with Gasteiger partial charge in [0.2, 0.25) is 11.8 Å². The van der Waals surface area contributed by atoms with Crippen molar-refractivity contribution in [2.24, 2.45) is 5.73 Å². The van der Waals surface area contributed by atoms with E-state index in [4.69, 9.17) is 16.2 Å². The molecule has 3 amide bonds. The predicted molar refractivity (Wildman–Crippen MR) is 79.5 cm³/mol. The number of pyridine rings is 1. The average Bonchev–Trinajstić information content (AvgIpc) is 2.71. The molecule has 1 aromatic heterocycles. The maximum Gasteiger partial charge on any atom is 0.411 e. The van der Waals surface area contributed by atoms with Gasteiger partial charge in [-0.3, -0.25) is 9.59 Å². The quantitative estimate of drug-likeness (QED) is 0.517. The summed E-state index contributed by atoms with van der Waals surface area (Å²) in [7, 11) is 0. The number of hydrogen-bond acceptors (Lipinski definition) is 7. The SMILES string of the molecule is NC(=O)Oc1nc2ccc(N)cc2cc1N1C(=O)CC(O)C1=O. The molecule has 2 aromatic rings. The van der Waals surface area contributed by atoms with Crippen molar-refractivity contribution in [3.8, 4) is 5.88 Å². The third-order valence-electron chi connectivity index (χ3n) is 3.35. The molecule has 23 heavy (non-hydrogen) atoms. The summed E-state index contributed by atoms with van der Waals surface area (Å²) in [5.74, 6) is -1.76. The second kappa shape index (κ2) is 5.21. The lowest BCUT2D eigenvalue weighted by molar-refractivity contribution is -0.124. The lowest BCUT2D eigenvalue weighted by Gasteiger charge is -2.17. The van der Waals surface area contributed by atoms with Crippen LogP contribution in [0.15, 0.2) is 24.3 Å². The van der Waals surface area contributed by atoms with E-state index in [1.807, 2.05) is 0 Å². The minimum absolute atomic E-state index is 0.0755. The number of nitrogen functional groups attached to an aromatic ring is 1. The second-order valence-electron chi connectivity index (χ2n) is 4.97. The topological polar surface area (TPSA) is 149 Å². The lowest BCUT2D eigenvalue weighted by atomic mass is 10.2. The van der Waals surface area contributed by atoms with E-state index >= 15 is 0 Å². The molecule has 1 atom stereocenters. The number of benzene rings is 1. The van der Waals surface area contributed by atoms with E-state index in [2.05, 4.69) is 4.98 Å². The van der Waals surface area contributed by atoms with Gasteiger partial charge in [-0.1, -0.05) is 0 Å². The van der Waals surface area contributed by atoms with Crippen molar-refractivity contribution < 1.29 is 24.2 Å². The Hall–Kier alpha value is -3.20. The third-order valence-corrected chi connectivity index (χ3v) is 3.35. The third kappa shape index (κ3) is 2.53. The molecule has 1 aromatic carbocycles. The van der Waals surface area contributed by atoms with Crippen LogP contribution in [0.2, 0.25) is 0 Å². The van der Waals surface area contributed by atoms with Crippen LogP contribution in [0.5, 0.6) is 5.88 Å². The van der Waals surface area contributed by atoms with Gasteiger partial charge in [0.1, 0.15) is 11.8 Å². The molecule has 1 aliphatic rings. The van der Waals surface area contributed by atoms with Gasteiger partial charge in [0.05, 0.1) is 11.9 Å². The Morgan fingerprint density at radius 2 is 2.09 bits per heavy atom. The maximum absolute atomic E-state index is 12.0. The molecule has 5 N–H and O–H groups in total. The molecule has 0 bridgehead atoms. The van der Waals surface area contributed by atoms with E-state index in [1.54, 1.807) is 18.2 Å². The number of primary amides is 1. The summed E-state index contributed by atoms with van der Waals surface area (Å²) in [5.41, 5.74) is 11.5. The van der Waals surface area contributed by atoms with Gasteiger partial charge >= 0.3 is 6.09 Å². The van der Waals surface area contributed by atoms with Crippen LogP contribution < -0.4 is 21.1 Å². The van der Waals surface area contributed by atoms with Gasteiger partial charge in [-0.05, 0) is 24.3 Å². The van der Waals surface area contributed by atoms with Crippen molar-refractivity contribution in [2.45, 2.75) is 12.5 Å². The number of imide groups is 1. The first-order valence-electron chi connectivity index (χ1n) is 6.59. The highest BCUT2D eigenvalue weighted by Crippen LogP contribution is 2.34. The first-order chi connectivity index (χ1) is 10.9. The number of nitrogens with zero attached hydrogens (tertiary/aromatic N) is 2. The van der Waals surface area contributed by atoms with Crippen LogP contribution in [0, 0.1) is 0 Å². The van der Waals surface area contributed by atoms with Gasteiger partial charge in [-0.25, -0.2) is 14.7 Å². The summed E-state index contributed by atoms with van der Waals surface area (Å²) in [6, 6.07) is 6.19. The number of carbonyl (C=O) groups is 3. The fourth-order valence-electron chi connectivity index (χ4n) is 2.37. The molecule has 0 saturated carbocycles. The molecule has 1 unspecified atom stereocenters. The van der Waals surface area contributed by atoms with Gasteiger partial charge < -0.3 is 21.3 Å². The summed E-state index contributed by atoms with van der Waals surface area (Å²) in [6.07, 6.45) is -2.95. The van der Waals surface area contributed by atoms with Crippen LogP contribution in [0.1, 0.15) is 6.42 Å². The van der Waals surface area contributed by atoms with Crippen molar-refractivity contribution in [1.82, 2.24) is 4.98 Å². The normalized spacial score (nSPS) is 17.8. The van der Waals surface area contributed by atoms with Crippen LogP contribution in [0.4, 0.5) is 16.2 Å². The molecular weight excluding hydrogens is 304 g/mol. The highest BCUT2D eigenvalue weighted by atomic mass is 16.6. The first-order valence-corrected chi connectivity index (χ1v) is 6.59. The van der Waals surface area contributed by atoms with E-state index in [0.717, 1.165) is 4.90 Å². The standard InChI is InChI=1S/C14H12N4O5/c15-7-1-2-8-6(3-7)4-9(12(17-8)23-14(16)22)18-11(20)5-10(19)13(18)21/h1-4,10,19H,5,15H2,(H2,16,22). The first kappa shape index (κ1) is 14.7. The van der Waals surface area contributed by atoms with Crippen LogP contribution in [-0.2, 0) is 9.59 Å². The zero-order valence-electron chi connectivity index (χ0n) is 11.7. The molecule has 1 aliphatic heterocycles. The summed E-state index contributed by atoms with van der Waals surface area (Å²) in [4.78, 5) is 39.8. The molecule has 3 rings (SSSR count). The minimum atomic E-state index is -1.44. The minimum Gasteiger partial charge on any atom is -0.399 e. The number of fused-ring (bicyclic) bond motifs is 1. The number of aliphatic hydroxyl groups is 1. The fraction of sp³-hybridized carbons (Fsp3) is 0.143. The number of aromatic nitrogens is 1. The Balaban J connectivity index is 2.21. The Bertz CT molecular complexity index is 850. The van der Waals surface area contributed by atoms with E-state index in [-0.39, 0.29) is 18.0 Å². The highest BCUT2D eigenvalue weighted by Gasteiger charge is 2.40. The largest absolute Gasteiger partial charge is 0.411 e. The maximum atomic E-state index is 12.0. The van der Waals surface area contributed by atoms with Gasteiger partial charge in [-0.2, -0.15) is 0 Å². The van der Waals surface area contributed by atoms with Gasteiger partial charge in [0.15, 0.2) is 0 Å². The van der Waals surface area contributed by atoms with E-state index in [1.165, 1.54) is 6.07 Å². The van der Waals surface area contributed by atoms with Gasteiger partial charge in [-0.15, -0.1) is 0 Å². The van der Waals surface area contributed by atoms with Crippen molar-refractivity contribution in [3.05, 3.63) is 24.3 Å². The lowest BCUT2D eigenvalue weighted by Crippen LogP contribution is -2.33. The van der Waals surface area contributed by atoms with Crippen LogP contribution in [0.25, 0.3) is 10.9 Å². The highest BCUT2D eigenvalue weighted by molar-refractivity contribution is 6.23. The van der Waals surface area contributed by atoms with Crippen LogP contribution in [0.3, 0.4) is 0 Å². The Kier molecular flexibility index (Phi) is 3.34. The molecule has 0 spiro atoms. The molecule has 9 heteroatoms. The number of rotatable bonds is 2.